The average molecular weight is 557 g/mol. The summed E-state index contributed by atoms with van der Waals surface area (Å²) in [7, 11) is 0. The highest BCUT2D eigenvalue weighted by Crippen LogP contribution is 2.38. The van der Waals surface area contributed by atoms with Crippen LogP contribution in [0.2, 0.25) is 0 Å². The zero-order valence-corrected chi connectivity index (χ0v) is 23.4. The second kappa shape index (κ2) is 10.5. The van der Waals surface area contributed by atoms with Gasteiger partial charge in [0.2, 0.25) is 0 Å². The van der Waals surface area contributed by atoms with E-state index in [1.54, 1.807) is 6.33 Å². The molecule has 0 bridgehead atoms. The van der Waals surface area contributed by atoms with Crippen LogP contribution < -0.4 is 4.90 Å². The predicted octanol–water partition coefficient (Wildman–Crippen LogP) is 5.63. The fourth-order valence-electron chi connectivity index (χ4n) is 6.43. The Bertz CT molecular complexity index is 1610. The molecule has 0 radical (unpaired) electrons. The molecule has 2 atom stereocenters. The van der Waals surface area contributed by atoms with Crippen molar-refractivity contribution in [1.29, 1.82) is 0 Å². The molecule has 2 aromatic carbocycles. The van der Waals surface area contributed by atoms with Crippen LogP contribution in [-0.4, -0.2) is 59.2 Å². The summed E-state index contributed by atoms with van der Waals surface area (Å²) < 4.78 is 32.1. The minimum atomic E-state index is -0.269. The van der Waals surface area contributed by atoms with Crippen molar-refractivity contribution in [3.8, 4) is 0 Å². The maximum Gasteiger partial charge on any atom is 0.258 e. The van der Waals surface area contributed by atoms with Gasteiger partial charge in [0.1, 0.15) is 23.5 Å². The molecule has 0 unspecified atom stereocenters. The zero-order valence-electron chi connectivity index (χ0n) is 23.4. The van der Waals surface area contributed by atoms with Crippen molar-refractivity contribution in [3.63, 3.8) is 0 Å². The summed E-state index contributed by atoms with van der Waals surface area (Å²) in [5.74, 6) is 1.58. The lowest BCUT2D eigenvalue weighted by atomic mass is 9.91. The lowest BCUT2D eigenvalue weighted by Crippen LogP contribution is -2.59. The topological polar surface area (TPSA) is 67.4 Å². The van der Waals surface area contributed by atoms with Gasteiger partial charge in [0.15, 0.2) is 11.5 Å². The first-order chi connectivity index (χ1) is 20.0. The standard InChI is InChI=1S/C31H34F2N8/c1-3-25-17-40(29-27-30(41-19-35-37-31(41)36-29)38(18-34-27)15-20-5-6-20)26(4-2)16-39(25)28(21-7-11-23(32)12-8-21)22-9-13-24(33)14-10-22/h7-14,18-20,25-26,28H,3-6,15-17H2,1-2H3/t25-,26+/m1/s1. The third kappa shape index (κ3) is 4.73. The molecule has 0 amide bonds. The van der Waals surface area contributed by atoms with E-state index < -0.39 is 0 Å². The van der Waals surface area contributed by atoms with Gasteiger partial charge in [-0.1, -0.05) is 38.1 Å². The number of piperazine rings is 1. The van der Waals surface area contributed by atoms with Gasteiger partial charge < -0.3 is 9.47 Å². The Labute approximate surface area is 237 Å². The van der Waals surface area contributed by atoms with E-state index in [4.69, 9.17) is 9.97 Å². The van der Waals surface area contributed by atoms with Crippen LogP contribution in [0.15, 0.2) is 61.2 Å². The first kappa shape index (κ1) is 26.0. The van der Waals surface area contributed by atoms with Gasteiger partial charge in [0, 0.05) is 31.7 Å². The van der Waals surface area contributed by atoms with Crippen LogP contribution in [0.4, 0.5) is 14.6 Å². The van der Waals surface area contributed by atoms with E-state index in [1.165, 1.54) is 37.1 Å². The third-order valence-corrected chi connectivity index (χ3v) is 8.79. The number of rotatable bonds is 8. The van der Waals surface area contributed by atoms with Crippen LogP contribution in [0.3, 0.4) is 0 Å². The molecule has 2 fully saturated rings. The van der Waals surface area contributed by atoms with Gasteiger partial charge in [-0.25, -0.2) is 18.2 Å². The van der Waals surface area contributed by atoms with Gasteiger partial charge in [0.25, 0.3) is 5.78 Å². The fraction of sp³-hybridized carbons (Fsp3) is 0.419. The van der Waals surface area contributed by atoms with Crippen molar-refractivity contribution in [1.82, 2.24) is 34.0 Å². The molecule has 0 spiro atoms. The lowest BCUT2D eigenvalue weighted by molar-refractivity contribution is 0.110. The van der Waals surface area contributed by atoms with Gasteiger partial charge in [0.05, 0.1) is 12.4 Å². The SMILES string of the molecule is CC[C@H]1CN(C(c2ccc(F)cc2)c2ccc(F)cc2)[C@H](CC)CN1c1nc2nncn2c2c1ncn2CC1CC1. The quantitative estimate of drug-likeness (QED) is 0.247. The molecule has 41 heavy (non-hydrogen) atoms. The Morgan fingerprint density at radius 2 is 1.51 bits per heavy atom. The average Bonchev–Trinajstić information content (AvgIpc) is 3.51. The molecule has 212 valence electrons. The summed E-state index contributed by atoms with van der Waals surface area (Å²) in [5.41, 5.74) is 3.84. The van der Waals surface area contributed by atoms with E-state index in [2.05, 4.69) is 38.4 Å². The molecular formula is C31H34F2N8. The van der Waals surface area contributed by atoms with Crippen LogP contribution in [0.5, 0.6) is 0 Å². The van der Waals surface area contributed by atoms with Crippen LogP contribution in [0, 0.1) is 17.6 Å². The van der Waals surface area contributed by atoms with Crippen molar-refractivity contribution in [2.75, 3.05) is 18.0 Å². The minimum Gasteiger partial charge on any atom is -0.349 e. The molecule has 8 nitrogen and oxygen atoms in total. The lowest BCUT2D eigenvalue weighted by Gasteiger charge is -2.49. The summed E-state index contributed by atoms with van der Waals surface area (Å²) in [6.45, 7) is 6.84. The van der Waals surface area contributed by atoms with Gasteiger partial charge in [-0.2, -0.15) is 4.98 Å². The summed E-state index contributed by atoms with van der Waals surface area (Å²) >= 11 is 0. The number of halogens is 2. The van der Waals surface area contributed by atoms with Crippen LogP contribution in [0.1, 0.15) is 56.7 Å². The first-order valence-corrected chi connectivity index (χ1v) is 14.6. The monoisotopic (exact) mass is 556 g/mol. The number of aromatic nitrogens is 6. The van der Waals surface area contributed by atoms with Crippen LogP contribution in [0.25, 0.3) is 16.9 Å². The second-order valence-electron chi connectivity index (χ2n) is 11.4. The molecule has 2 aliphatic rings. The van der Waals surface area contributed by atoms with Crippen LogP contribution >= 0.6 is 0 Å². The Kier molecular flexibility index (Phi) is 6.65. The Hall–Kier alpha value is -3.92. The van der Waals surface area contributed by atoms with E-state index in [1.807, 2.05) is 35.0 Å². The number of imidazole rings is 1. The molecule has 7 rings (SSSR count). The molecule has 5 aromatic rings. The highest BCUT2D eigenvalue weighted by molar-refractivity contribution is 5.86. The maximum absolute atomic E-state index is 13.9. The van der Waals surface area contributed by atoms with E-state index in [-0.39, 0.29) is 29.8 Å². The summed E-state index contributed by atoms with van der Waals surface area (Å²) in [5, 5.41) is 8.50. The minimum absolute atomic E-state index is 0.137. The van der Waals surface area contributed by atoms with Gasteiger partial charge in [-0.15, -0.1) is 10.2 Å². The van der Waals surface area contributed by atoms with Crippen molar-refractivity contribution in [2.45, 2.75) is 64.2 Å². The number of fused-ring (bicyclic) bond motifs is 3. The van der Waals surface area contributed by atoms with E-state index in [0.29, 0.717) is 11.7 Å². The Morgan fingerprint density at radius 3 is 2.12 bits per heavy atom. The number of nitrogens with zero attached hydrogens (tertiary/aromatic N) is 8. The van der Waals surface area contributed by atoms with Crippen molar-refractivity contribution < 1.29 is 8.78 Å². The van der Waals surface area contributed by atoms with Gasteiger partial charge >= 0.3 is 0 Å². The summed E-state index contributed by atoms with van der Waals surface area (Å²) in [4.78, 5) is 14.8. The molecule has 1 saturated heterocycles. The molecule has 0 N–H and O–H groups in total. The molecule has 4 heterocycles. The second-order valence-corrected chi connectivity index (χ2v) is 11.4. The smallest absolute Gasteiger partial charge is 0.258 e. The van der Waals surface area contributed by atoms with Crippen molar-refractivity contribution in [2.24, 2.45) is 5.92 Å². The number of hydrogen-bond donors (Lipinski definition) is 0. The molecule has 3 aromatic heterocycles. The van der Waals surface area contributed by atoms with E-state index in [0.717, 1.165) is 60.6 Å². The largest absolute Gasteiger partial charge is 0.349 e. The number of hydrogen-bond acceptors (Lipinski definition) is 6. The van der Waals surface area contributed by atoms with E-state index >= 15 is 0 Å². The fourth-order valence-corrected chi connectivity index (χ4v) is 6.43. The Balaban J connectivity index is 1.30. The Morgan fingerprint density at radius 1 is 0.854 bits per heavy atom. The number of anilines is 1. The van der Waals surface area contributed by atoms with Gasteiger partial charge in [-0.3, -0.25) is 4.90 Å². The van der Waals surface area contributed by atoms with E-state index in [9.17, 15) is 8.78 Å². The third-order valence-electron chi connectivity index (χ3n) is 8.79. The first-order valence-electron chi connectivity index (χ1n) is 14.6. The zero-order chi connectivity index (χ0) is 28.1. The van der Waals surface area contributed by atoms with Crippen molar-refractivity contribution in [3.05, 3.63) is 83.9 Å². The molecule has 10 heteroatoms. The molecular weight excluding hydrogens is 522 g/mol. The summed E-state index contributed by atoms with van der Waals surface area (Å²) in [6, 6.07) is 13.6. The molecule has 1 saturated carbocycles. The van der Waals surface area contributed by atoms with Crippen LogP contribution in [-0.2, 0) is 6.54 Å². The predicted molar refractivity (Wildman–Crippen MR) is 154 cm³/mol. The maximum atomic E-state index is 13.9. The highest BCUT2D eigenvalue weighted by atomic mass is 19.1. The normalized spacial score (nSPS) is 20.1. The summed E-state index contributed by atoms with van der Waals surface area (Å²) in [6.07, 6.45) is 7.96. The highest BCUT2D eigenvalue weighted by Gasteiger charge is 2.39. The molecule has 1 aliphatic carbocycles. The van der Waals surface area contributed by atoms with Crippen molar-refractivity contribution >= 4 is 22.8 Å². The molecule has 1 aliphatic heterocycles. The van der Waals surface area contributed by atoms with Gasteiger partial charge in [-0.05, 0) is 67.0 Å². The number of benzene rings is 2.